The molecule has 2 rings (SSSR count). The molecular formula is C18H29NO2. The quantitative estimate of drug-likeness (QED) is 0.639. The number of methoxy groups -OCH3 is 1. The molecule has 0 bridgehead atoms. The summed E-state index contributed by atoms with van der Waals surface area (Å²) in [5.74, 6) is 1.75. The Bertz CT molecular complexity index is 435. The molecule has 3 heteroatoms. The first kappa shape index (κ1) is 16.3. The van der Waals surface area contributed by atoms with Crippen molar-refractivity contribution in [2.24, 2.45) is 11.7 Å². The van der Waals surface area contributed by atoms with Gasteiger partial charge >= 0.3 is 0 Å². The third-order valence-corrected chi connectivity index (χ3v) is 4.78. The molecule has 0 aromatic heterocycles. The second-order valence-corrected chi connectivity index (χ2v) is 6.20. The molecule has 1 aromatic rings. The summed E-state index contributed by atoms with van der Waals surface area (Å²) in [4.78, 5) is 0. The fourth-order valence-electron chi connectivity index (χ4n) is 3.35. The zero-order chi connectivity index (χ0) is 15.1. The minimum Gasteiger partial charge on any atom is -0.491 e. The van der Waals surface area contributed by atoms with Crippen LogP contribution in [0.1, 0.15) is 51.0 Å². The van der Waals surface area contributed by atoms with Gasteiger partial charge in [-0.25, -0.2) is 0 Å². The van der Waals surface area contributed by atoms with Crippen LogP contribution in [-0.2, 0) is 10.3 Å². The van der Waals surface area contributed by atoms with Crippen molar-refractivity contribution in [3.05, 3.63) is 29.8 Å². The molecule has 2 atom stereocenters. The Kier molecular flexibility index (Phi) is 6.07. The lowest BCUT2D eigenvalue weighted by Gasteiger charge is -2.30. The first-order chi connectivity index (χ1) is 10.2. The van der Waals surface area contributed by atoms with Crippen molar-refractivity contribution < 1.29 is 9.47 Å². The van der Waals surface area contributed by atoms with Gasteiger partial charge in [-0.05, 0) is 31.2 Å². The van der Waals surface area contributed by atoms with Gasteiger partial charge in [-0.2, -0.15) is 0 Å². The van der Waals surface area contributed by atoms with Gasteiger partial charge in [0.1, 0.15) is 12.4 Å². The van der Waals surface area contributed by atoms with Crippen LogP contribution in [0.5, 0.6) is 5.75 Å². The Morgan fingerprint density at radius 3 is 2.76 bits per heavy atom. The van der Waals surface area contributed by atoms with Crippen molar-refractivity contribution in [2.45, 2.75) is 51.0 Å². The maximum Gasteiger partial charge on any atom is 0.124 e. The van der Waals surface area contributed by atoms with E-state index in [0.29, 0.717) is 13.2 Å². The maximum atomic E-state index is 6.79. The van der Waals surface area contributed by atoms with E-state index < -0.39 is 0 Å². The van der Waals surface area contributed by atoms with Crippen LogP contribution in [0.4, 0.5) is 0 Å². The fraction of sp³-hybridized carbons (Fsp3) is 0.667. The van der Waals surface area contributed by atoms with Crippen molar-refractivity contribution in [3.8, 4) is 5.75 Å². The normalized spacial score (nSPS) is 26.3. The molecule has 1 fully saturated rings. The second-order valence-electron chi connectivity index (χ2n) is 6.20. The van der Waals surface area contributed by atoms with Crippen LogP contribution in [0, 0.1) is 5.92 Å². The molecule has 0 amide bonds. The molecule has 1 saturated carbocycles. The molecule has 1 aliphatic carbocycles. The lowest BCUT2D eigenvalue weighted by atomic mass is 9.83. The van der Waals surface area contributed by atoms with Crippen molar-refractivity contribution >= 4 is 0 Å². The summed E-state index contributed by atoms with van der Waals surface area (Å²) in [7, 11) is 1.69. The van der Waals surface area contributed by atoms with Crippen LogP contribution in [0.15, 0.2) is 24.3 Å². The molecule has 21 heavy (non-hydrogen) atoms. The highest BCUT2D eigenvalue weighted by Gasteiger charge is 2.32. The molecular weight excluding hydrogens is 262 g/mol. The number of hydrogen-bond acceptors (Lipinski definition) is 3. The Balaban J connectivity index is 2.15. The van der Waals surface area contributed by atoms with Crippen LogP contribution in [0.25, 0.3) is 0 Å². The van der Waals surface area contributed by atoms with E-state index in [4.69, 9.17) is 15.2 Å². The summed E-state index contributed by atoms with van der Waals surface area (Å²) in [5.41, 5.74) is 7.71. The molecule has 1 aromatic carbocycles. The van der Waals surface area contributed by atoms with Crippen LogP contribution in [0.2, 0.25) is 0 Å². The second kappa shape index (κ2) is 7.81. The maximum absolute atomic E-state index is 6.79. The van der Waals surface area contributed by atoms with Gasteiger partial charge in [0.05, 0.1) is 6.61 Å². The van der Waals surface area contributed by atoms with Crippen molar-refractivity contribution in [2.75, 3.05) is 20.3 Å². The first-order valence-electron chi connectivity index (χ1n) is 8.19. The van der Waals surface area contributed by atoms with Gasteiger partial charge in [0.15, 0.2) is 0 Å². The average molecular weight is 291 g/mol. The molecule has 118 valence electrons. The van der Waals surface area contributed by atoms with Crippen LogP contribution in [0.3, 0.4) is 0 Å². The van der Waals surface area contributed by atoms with E-state index in [1.54, 1.807) is 7.11 Å². The Morgan fingerprint density at radius 1 is 1.19 bits per heavy atom. The molecule has 3 nitrogen and oxygen atoms in total. The van der Waals surface area contributed by atoms with E-state index in [2.05, 4.69) is 19.1 Å². The number of rotatable bonds is 6. The molecule has 2 unspecified atom stereocenters. The summed E-state index contributed by atoms with van der Waals surface area (Å²) >= 11 is 0. The zero-order valence-corrected chi connectivity index (χ0v) is 13.4. The molecule has 1 aliphatic rings. The molecule has 0 aliphatic heterocycles. The van der Waals surface area contributed by atoms with Gasteiger partial charge in [-0.15, -0.1) is 0 Å². The van der Waals surface area contributed by atoms with Gasteiger partial charge in [-0.1, -0.05) is 44.4 Å². The average Bonchev–Trinajstić information content (AvgIpc) is 2.70. The SMILES string of the molecule is CCC1CCCC(N)(c2ccccc2OCCOC)CC1. The summed E-state index contributed by atoms with van der Waals surface area (Å²) < 4.78 is 11.0. The first-order valence-corrected chi connectivity index (χ1v) is 8.19. The number of nitrogens with two attached hydrogens (primary N) is 1. The molecule has 0 heterocycles. The standard InChI is InChI=1S/C18H29NO2/c1-3-15-7-6-11-18(19,12-10-15)16-8-4-5-9-17(16)21-14-13-20-2/h4-5,8-9,15H,3,6-7,10-14,19H2,1-2H3. The third-order valence-electron chi connectivity index (χ3n) is 4.78. The van der Waals surface area contributed by atoms with E-state index in [1.807, 2.05) is 12.1 Å². The van der Waals surface area contributed by atoms with Gasteiger partial charge < -0.3 is 15.2 Å². The van der Waals surface area contributed by atoms with E-state index in [-0.39, 0.29) is 5.54 Å². The smallest absolute Gasteiger partial charge is 0.124 e. The minimum absolute atomic E-state index is 0.242. The van der Waals surface area contributed by atoms with Gasteiger partial charge in [-0.3, -0.25) is 0 Å². The molecule has 0 spiro atoms. The van der Waals surface area contributed by atoms with Gasteiger partial charge in [0.2, 0.25) is 0 Å². The largest absolute Gasteiger partial charge is 0.491 e. The Labute approximate surface area is 128 Å². The monoisotopic (exact) mass is 291 g/mol. The van der Waals surface area contributed by atoms with Crippen molar-refractivity contribution in [1.82, 2.24) is 0 Å². The number of hydrogen-bond donors (Lipinski definition) is 1. The third kappa shape index (κ3) is 4.21. The van der Waals surface area contributed by atoms with Crippen molar-refractivity contribution in [3.63, 3.8) is 0 Å². The van der Waals surface area contributed by atoms with Gasteiger partial charge in [0.25, 0.3) is 0 Å². The van der Waals surface area contributed by atoms with E-state index in [1.165, 1.54) is 25.7 Å². The molecule has 0 radical (unpaired) electrons. The summed E-state index contributed by atoms with van der Waals surface area (Å²) in [6.07, 6.45) is 7.11. The highest BCUT2D eigenvalue weighted by Crippen LogP contribution is 2.40. The Morgan fingerprint density at radius 2 is 2.00 bits per heavy atom. The fourth-order valence-corrected chi connectivity index (χ4v) is 3.35. The van der Waals surface area contributed by atoms with E-state index in [0.717, 1.165) is 30.1 Å². The number of para-hydroxylation sites is 1. The number of ether oxygens (including phenoxy) is 2. The summed E-state index contributed by atoms with van der Waals surface area (Å²) in [5, 5.41) is 0. The number of benzene rings is 1. The highest BCUT2D eigenvalue weighted by atomic mass is 16.5. The topological polar surface area (TPSA) is 44.5 Å². The summed E-state index contributed by atoms with van der Waals surface area (Å²) in [6.45, 7) is 3.46. The van der Waals surface area contributed by atoms with E-state index >= 15 is 0 Å². The lowest BCUT2D eigenvalue weighted by Crippen LogP contribution is -2.36. The lowest BCUT2D eigenvalue weighted by molar-refractivity contribution is 0.144. The predicted molar refractivity (Wildman–Crippen MR) is 86.5 cm³/mol. The molecule has 2 N–H and O–H groups in total. The van der Waals surface area contributed by atoms with Crippen molar-refractivity contribution in [1.29, 1.82) is 0 Å². The highest BCUT2D eigenvalue weighted by molar-refractivity contribution is 5.39. The van der Waals surface area contributed by atoms with Crippen LogP contribution in [-0.4, -0.2) is 20.3 Å². The summed E-state index contributed by atoms with van der Waals surface area (Å²) in [6, 6.07) is 8.24. The Hall–Kier alpha value is -1.06. The van der Waals surface area contributed by atoms with Crippen LogP contribution < -0.4 is 10.5 Å². The molecule has 0 saturated heterocycles. The van der Waals surface area contributed by atoms with E-state index in [9.17, 15) is 0 Å². The van der Waals surface area contributed by atoms with Crippen LogP contribution >= 0.6 is 0 Å². The predicted octanol–water partition coefficient (Wildman–Crippen LogP) is 3.86. The zero-order valence-electron chi connectivity index (χ0n) is 13.4. The minimum atomic E-state index is -0.242. The van der Waals surface area contributed by atoms with Gasteiger partial charge in [0, 0.05) is 18.2 Å².